The summed E-state index contributed by atoms with van der Waals surface area (Å²) >= 11 is 0. The van der Waals surface area contributed by atoms with Gasteiger partial charge in [0.1, 0.15) is 17.2 Å². The van der Waals surface area contributed by atoms with Crippen LogP contribution in [0.1, 0.15) is 47.9 Å². The van der Waals surface area contributed by atoms with E-state index in [9.17, 15) is 4.57 Å². The van der Waals surface area contributed by atoms with Crippen molar-refractivity contribution in [1.29, 1.82) is 0 Å². The van der Waals surface area contributed by atoms with Crippen LogP contribution in [0.25, 0.3) is 0 Å². The van der Waals surface area contributed by atoms with E-state index in [0.29, 0.717) is 17.2 Å². The summed E-state index contributed by atoms with van der Waals surface area (Å²) in [7, 11) is -4.08. The van der Waals surface area contributed by atoms with Gasteiger partial charge >= 0.3 is 7.82 Å². The van der Waals surface area contributed by atoms with Crippen molar-refractivity contribution in [2.45, 2.75) is 25.7 Å². The highest BCUT2D eigenvalue weighted by Gasteiger charge is 2.33. The summed E-state index contributed by atoms with van der Waals surface area (Å²) in [5.74, 6) is 1.60. The molecular formula is C34H31O4P. The quantitative estimate of drug-likeness (QED) is 0.167. The highest BCUT2D eigenvalue weighted by atomic mass is 31.2. The Morgan fingerprint density at radius 2 is 0.692 bits per heavy atom. The van der Waals surface area contributed by atoms with Crippen LogP contribution in [0.4, 0.5) is 0 Å². The van der Waals surface area contributed by atoms with Gasteiger partial charge in [-0.15, -0.1) is 0 Å². The van der Waals surface area contributed by atoms with E-state index in [4.69, 9.17) is 13.6 Å². The van der Waals surface area contributed by atoms with Crippen molar-refractivity contribution in [1.82, 2.24) is 0 Å². The van der Waals surface area contributed by atoms with Gasteiger partial charge in [0.2, 0.25) is 0 Å². The Labute approximate surface area is 230 Å². The van der Waals surface area contributed by atoms with Gasteiger partial charge in [-0.3, -0.25) is 0 Å². The Morgan fingerprint density at radius 3 is 1.05 bits per heavy atom. The SMILES string of the molecule is CC(c1ccccc1)c1ccc(OP(=O)(Oc2ccccc2)Oc2ccc(C(C)c3ccccc3)cc2)cc1. The van der Waals surface area contributed by atoms with Gasteiger partial charge in [-0.25, -0.2) is 0 Å². The molecule has 0 fully saturated rings. The van der Waals surface area contributed by atoms with E-state index in [1.165, 1.54) is 11.1 Å². The van der Waals surface area contributed by atoms with Gasteiger partial charge in [-0.2, -0.15) is 4.57 Å². The van der Waals surface area contributed by atoms with Crippen LogP contribution in [0.15, 0.2) is 140 Å². The molecule has 4 nitrogen and oxygen atoms in total. The minimum atomic E-state index is -4.08. The largest absolute Gasteiger partial charge is 0.647 e. The third-order valence-electron chi connectivity index (χ3n) is 6.75. The van der Waals surface area contributed by atoms with Gasteiger partial charge in [-0.05, 0) is 58.7 Å². The van der Waals surface area contributed by atoms with E-state index >= 15 is 0 Å². The van der Waals surface area contributed by atoms with Crippen molar-refractivity contribution in [3.8, 4) is 17.2 Å². The first-order valence-electron chi connectivity index (χ1n) is 13.0. The zero-order chi connectivity index (χ0) is 27.1. The Bertz CT molecular complexity index is 1410. The molecule has 0 bridgehead atoms. The van der Waals surface area contributed by atoms with Crippen molar-refractivity contribution in [3.05, 3.63) is 162 Å². The Kier molecular flexibility index (Phi) is 8.15. The van der Waals surface area contributed by atoms with Gasteiger partial charge in [0, 0.05) is 11.8 Å². The number of hydrogen-bond acceptors (Lipinski definition) is 4. The molecule has 0 amide bonds. The molecule has 0 aliphatic heterocycles. The Morgan fingerprint density at radius 1 is 0.410 bits per heavy atom. The van der Waals surface area contributed by atoms with Crippen LogP contribution >= 0.6 is 7.82 Å². The molecule has 0 heterocycles. The summed E-state index contributed by atoms with van der Waals surface area (Å²) in [5.41, 5.74) is 4.68. The summed E-state index contributed by atoms with van der Waals surface area (Å²) in [6.45, 7) is 4.31. The molecule has 0 saturated heterocycles. The smallest absolute Gasteiger partial charge is 0.386 e. The van der Waals surface area contributed by atoms with Gasteiger partial charge in [0.15, 0.2) is 0 Å². The lowest BCUT2D eigenvalue weighted by atomic mass is 9.93. The summed E-state index contributed by atoms with van der Waals surface area (Å²) in [6.07, 6.45) is 0. The van der Waals surface area contributed by atoms with E-state index in [-0.39, 0.29) is 11.8 Å². The Hall–Kier alpha value is -4.27. The van der Waals surface area contributed by atoms with Gasteiger partial charge in [-0.1, -0.05) is 117 Å². The lowest BCUT2D eigenvalue weighted by Crippen LogP contribution is -2.08. The molecular weight excluding hydrogens is 503 g/mol. The first-order chi connectivity index (χ1) is 19.0. The zero-order valence-corrected chi connectivity index (χ0v) is 22.9. The minimum Gasteiger partial charge on any atom is -0.386 e. The third-order valence-corrected chi connectivity index (χ3v) is 8.06. The molecule has 196 valence electrons. The number of phosphoric acid groups is 1. The van der Waals surface area contributed by atoms with Crippen molar-refractivity contribution in [2.75, 3.05) is 0 Å². The molecule has 0 aliphatic rings. The molecule has 0 aliphatic carbocycles. The maximum Gasteiger partial charge on any atom is 0.647 e. The van der Waals surface area contributed by atoms with Gasteiger partial charge in [0.25, 0.3) is 0 Å². The molecule has 5 aromatic rings. The van der Waals surface area contributed by atoms with E-state index in [1.54, 1.807) is 48.5 Å². The summed E-state index contributed by atoms with van der Waals surface area (Å²) in [6, 6.07) is 44.6. The monoisotopic (exact) mass is 534 g/mol. The molecule has 5 aromatic carbocycles. The lowest BCUT2D eigenvalue weighted by molar-refractivity contribution is 0.298. The molecule has 0 saturated carbocycles. The highest BCUT2D eigenvalue weighted by molar-refractivity contribution is 7.49. The Balaban J connectivity index is 1.35. The average Bonchev–Trinajstić information content (AvgIpc) is 2.98. The molecule has 5 heteroatoms. The van der Waals surface area contributed by atoms with E-state index in [0.717, 1.165) is 11.1 Å². The first kappa shape index (κ1) is 26.3. The molecule has 2 atom stereocenters. The molecule has 0 N–H and O–H groups in total. The normalized spacial score (nSPS) is 14.0. The fourth-order valence-corrected chi connectivity index (χ4v) is 5.68. The predicted octanol–water partition coefficient (Wildman–Crippen LogP) is 9.64. The molecule has 0 radical (unpaired) electrons. The number of rotatable bonds is 10. The fourth-order valence-electron chi connectivity index (χ4n) is 4.43. The van der Waals surface area contributed by atoms with Crippen LogP contribution in [0.2, 0.25) is 0 Å². The second-order valence-corrected chi connectivity index (χ2v) is 10.9. The number of para-hydroxylation sites is 1. The lowest BCUT2D eigenvalue weighted by Gasteiger charge is -2.20. The van der Waals surface area contributed by atoms with Gasteiger partial charge < -0.3 is 13.6 Å². The predicted molar refractivity (Wildman–Crippen MR) is 157 cm³/mol. The van der Waals surface area contributed by atoms with Crippen LogP contribution in [-0.4, -0.2) is 0 Å². The molecule has 0 spiro atoms. The van der Waals surface area contributed by atoms with Crippen LogP contribution in [0.5, 0.6) is 17.2 Å². The van der Waals surface area contributed by atoms with Crippen molar-refractivity contribution in [2.24, 2.45) is 0 Å². The topological polar surface area (TPSA) is 44.8 Å². The number of hydrogen-bond donors (Lipinski definition) is 0. The van der Waals surface area contributed by atoms with E-state index < -0.39 is 7.82 Å². The maximum atomic E-state index is 13.9. The zero-order valence-electron chi connectivity index (χ0n) is 22.0. The fraction of sp³-hybridized carbons (Fsp3) is 0.118. The molecule has 5 rings (SSSR count). The van der Waals surface area contributed by atoms with E-state index in [1.807, 2.05) is 66.7 Å². The summed E-state index contributed by atoms with van der Waals surface area (Å²) in [4.78, 5) is 0. The summed E-state index contributed by atoms with van der Waals surface area (Å²) in [5, 5.41) is 0. The van der Waals surface area contributed by atoms with Crippen LogP contribution in [-0.2, 0) is 4.57 Å². The number of phosphoric ester groups is 1. The first-order valence-corrected chi connectivity index (χ1v) is 14.5. The van der Waals surface area contributed by atoms with Crippen molar-refractivity contribution >= 4 is 7.82 Å². The highest BCUT2D eigenvalue weighted by Crippen LogP contribution is 2.50. The van der Waals surface area contributed by atoms with Crippen LogP contribution in [0.3, 0.4) is 0 Å². The van der Waals surface area contributed by atoms with Crippen LogP contribution in [0, 0.1) is 0 Å². The second-order valence-electron chi connectivity index (χ2n) is 9.44. The number of benzene rings is 5. The van der Waals surface area contributed by atoms with Gasteiger partial charge in [0.05, 0.1) is 0 Å². The average molecular weight is 535 g/mol. The third kappa shape index (κ3) is 6.79. The molecule has 2 unspecified atom stereocenters. The maximum absolute atomic E-state index is 13.9. The van der Waals surface area contributed by atoms with E-state index in [2.05, 4.69) is 38.1 Å². The van der Waals surface area contributed by atoms with Crippen LogP contribution < -0.4 is 13.6 Å². The summed E-state index contributed by atoms with van der Waals surface area (Å²) < 4.78 is 31.6. The second kappa shape index (κ2) is 12.1. The molecule has 39 heavy (non-hydrogen) atoms. The molecule has 0 aromatic heterocycles. The standard InChI is InChI=1S/C34H31O4P/c1-26(28-12-6-3-7-13-28)30-18-22-33(23-19-30)37-39(35,36-32-16-10-5-11-17-32)38-34-24-20-31(21-25-34)27(2)29-14-8-4-9-15-29/h3-27H,1-2H3. The minimum absolute atomic E-state index is 0.209. The van der Waals surface area contributed by atoms with Crippen molar-refractivity contribution in [3.63, 3.8) is 0 Å². The van der Waals surface area contributed by atoms with Crippen molar-refractivity contribution < 1.29 is 18.1 Å².